The minimum Gasteiger partial charge on any atom is -0.497 e. The predicted molar refractivity (Wildman–Crippen MR) is 95.7 cm³/mol. The number of hydrogen-bond donors (Lipinski definition) is 1. The summed E-state index contributed by atoms with van der Waals surface area (Å²) in [6.45, 7) is 7.01. The van der Waals surface area contributed by atoms with Crippen molar-refractivity contribution < 1.29 is 4.74 Å². The molecule has 3 aromatic rings. The van der Waals surface area contributed by atoms with Crippen LogP contribution >= 0.6 is 11.6 Å². The number of nitrogens with zero attached hydrogens (tertiary/aromatic N) is 5. The quantitative estimate of drug-likeness (QED) is 0.754. The molecule has 25 heavy (non-hydrogen) atoms. The Morgan fingerprint density at radius 1 is 1.16 bits per heavy atom. The number of halogens is 1. The summed E-state index contributed by atoms with van der Waals surface area (Å²) in [5, 5.41) is 15.5. The first kappa shape index (κ1) is 17.4. The van der Waals surface area contributed by atoms with Gasteiger partial charge in [0.1, 0.15) is 5.75 Å². The second-order valence-corrected chi connectivity index (χ2v) is 7.42. The topological polar surface area (TPSA) is 81.5 Å². The van der Waals surface area contributed by atoms with Crippen LogP contribution in [0.3, 0.4) is 0 Å². The molecule has 1 N–H and O–H groups in total. The smallest absolute Gasteiger partial charge is 0.182 e. The fourth-order valence-corrected chi connectivity index (χ4v) is 2.65. The van der Waals surface area contributed by atoms with Gasteiger partial charge in [-0.25, -0.2) is 9.67 Å². The van der Waals surface area contributed by atoms with E-state index in [-0.39, 0.29) is 10.6 Å². The zero-order valence-electron chi connectivity index (χ0n) is 14.7. The van der Waals surface area contributed by atoms with E-state index in [4.69, 9.17) is 16.3 Å². The molecule has 0 saturated heterocycles. The first-order valence-corrected chi connectivity index (χ1v) is 8.37. The minimum atomic E-state index is 0.0805. The molecular formula is C17H21ClN6O. The number of aromatic amines is 1. The lowest BCUT2D eigenvalue weighted by atomic mass is 9.92. The van der Waals surface area contributed by atoms with E-state index in [0.717, 1.165) is 23.6 Å². The van der Waals surface area contributed by atoms with E-state index in [1.807, 2.05) is 28.9 Å². The van der Waals surface area contributed by atoms with Crippen molar-refractivity contribution in [3.8, 4) is 17.3 Å². The molecule has 0 spiro atoms. The largest absolute Gasteiger partial charge is 0.497 e. The zero-order valence-corrected chi connectivity index (χ0v) is 15.5. The Hall–Kier alpha value is -2.41. The monoisotopic (exact) mass is 360 g/mol. The van der Waals surface area contributed by atoms with Crippen LogP contribution in [0.4, 0.5) is 0 Å². The molecule has 0 aliphatic carbocycles. The number of benzene rings is 1. The van der Waals surface area contributed by atoms with Crippen LogP contribution in [0, 0.1) is 5.41 Å². The van der Waals surface area contributed by atoms with Crippen LogP contribution in [-0.4, -0.2) is 37.3 Å². The SMILES string of the molecule is COc1ccc(Cn2nc(CC(C)(C)C)nc2-c2n[nH]nc2Cl)cc1. The molecule has 0 unspecified atom stereocenters. The zero-order chi connectivity index (χ0) is 18.0. The average Bonchev–Trinajstić information content (AvgIpc) is 3.12. The summed E-state index contributed by atoms with van der Waals surface area (Å²) < 4.78 is 7.01. The molecule has 2 heterocycles. The number of nitrogens with one attached hydrogen (secondary N) is 1. The molecule has 132 valence electrons. The lowest BCUT2D eigenvalue weighted by Crippen LogP contribution is -2.11. The van der Waals surface area contributed by atoms with E-state index in [9.17, 15) is 0 Å². The maximum absolute atomic E-state index is 6.13. The van der Waals surface area contributed by atoms with Crippen molar-refractivity contribution in [2.24, 2.45) is 5.41 Å². The summed E-state index contributed by atoms with van der Waals surface area (Å²) in [6, 6.07) is 7.84. The van der Waals surface area contributed by atoms with Crippen molar-refractivity contribution in [2.45, 2.75) is 33.7 Å². The highest BCUT2D eigenvalue weighted by Gasteiger charge is 2.21. The van der Waals surface area contributed by atoms with Crippen molar-refractivity contribution in [3.63, 3.8) is 0 Å². The van der Waals surface area contributed by atoms with E-state index in [1.165, 1.54) is 0 Å². The molecule has 0 saturated carbocycles. The summed E-state index contributed by atoms with van der Waals surface area (Å²) in [6.07, 6.45) is 0.755. The second kappa shape index (κ2) is 6.84. The number of aromatic nitrogens is 6. The number of H-pyrrole nitrogens is 1. The van der Waals surface area contributed by atoms with E-state index in [2.05, 4.69) is 46.3 Å². The summed E-state index contributed by atoms with van der Waals surface area (Å²) in [5.41, 5.74) is 1.66. The predicted octanol–water partition coefficient (Wildman–Crippen LogP) is 3.36. The standard InChI is InChI=1S/C17H21ClN6O/c1-17(2,3)9-13-19-16(14-15(18)21-23-20-14)24(22-13)10-11-5-7-12(25-4)8-6-11/h5-8H,9-10H2,1-4H3,(H,20,21,23). The molecule has 1 aromatic carbocycles. The Kier molecular flexibility index (Phi) is 4.76. The van der Waals surface area contributed by atoms with Crippen molar-refractivity contribution in [1.82, 2.24) is 30.2 Å². The van der Waals surface area contributed by atoms with E-state index in [1.54, 1.807) is 7.11 Å². The molecule has 0 atom stereocenters. The summed E-state index contributed by atoms with van der Waals surface area (Å²) in [7, 11) is 1.65. The van der Waals surface area contributed by atoms with Gasteiger partial charge in [-0.1, -0.05) is 44.5 Å². The minimum absolute atomic E-state index is 0.0805. The second-order valence-electron chi connectivity index (χ2n) is 7.06. The maximum atomic E-state index is 6.13. The number of methoxy groups -OCH3 is 1. The maximum Gasteiger partial charge on any atom is 0.182 e. The van der Waals surface area contributed by atoms with Gasteiger partial charge in [-0.2, -0.15) is 15.4 Å². The van der Waals surface area contributed by atoms with Crippen LogP contribution in [0.5, 0.6) is 5.75 Å². The fraction of sp³-hybridized carbons (Fsp3) is 0.412. The van der Waals surface area contributed by atoms with Crippen LogP contribution < -0.4 is 4.74 Å². The lowest BCUT2D eigenvalue weighted by molar-refractivity contribution is 0.399. The molecule has 7 nitrogen and oxygen atoms in total. The van der Waals surface area contributed by atoms with E-state index >= 15 is 0 Å². The summed E-state index contributed by atoms with van der Waals surface area (Å²) in [5.74, 6) is 2.18. The van der Waals surface area contributed by atoms with Crippen LogP contribution in [0.15, 0.2) is 24.3 Å². The molecule has 0 bridgehead atoms. The Morgan fingerprint density at radius 2 is 1.88 bits per heavy atom. The van der Waals surface area contributed by atoms with Crippen LogP contribution in [0.2, 0.25) is 5.15 Å². The lowest BCUT2D eigenvalue weighted by Gasteiger charge is -2.14. The van der Waals surface area contributed by atoms with Gasteiger partial charge >= 0.3 is 0 Å². The number of hydrogen-bond acceptors (Lipinski definition) is 5. The van der Waals surface area contributed by atoms with Crippen molar-refractivity contribution in [1.29, 1.82) is 0 Å². The molecular weight excluding hydrogens is 340 g/mol. The molecule has 0 aliphatic rings. The third-order valence-corrected chi connectivity index (χ3v) is 3.88. The van der Waals surface area contributed by atoms with Crippen molar-refractivity contribution in [2.75, 3.05) is 7.11 Å². The van der Waals surface area contributed by atoms with Gasteiger partial charge in [-0.15, -0.1) is 5.10 Å². The van der Waals surface area contributed by atoms with Crippen LogP contribution in [0.25, 0.3) is 11.5 Å². The van der Waals surface area contributed by atoms with Gasteiger partial charge < -0.3 is 4.74 Å². The van der Waals surface area contributed by atoms with Gasteiger partial charge in [0.2, 0.25) is 0 Å². The Labute approximate surface area is 151 Å². The highest BCUT2D eigenvalue weighted by atomic mass is 35.5. The Morgan fingerprint density at radius 3 is 2.44 bits per heavy atom. The van der Waals surface area contributed by atoms with E-state index in [0.29, 0.717) is 18.1 Å². The molecule has 2 aromatic heterocycles. The third kappa shape index (κ3) is 4.17. The van der Waals surface area contributed by atoms with Gasteiger partial charge in [-0.3, -0.25) is 0 Å². The number of rotatable bonds is 5. The van der Waals surface area contributed by atoms with Gasteiger partial charge in [0.05, 0.1) is 13.7 Å². The summed E-state index contributed by atoms with van der Waals surface area (Å²) in [4.78, 5) is 4.65. The van der Waals surface area contributed by atoms with Gasteiger partial charge in [0.25, 0.3) is 0 Å². The molecule has 3 rings (SSSR count). The molecule has 8 heteroatoms. The molecule has 0 fully saturated rings. The molecule has 0 amide bonds. The highest BCUT2D eigenvalue weighted by Crippen LogP contribution is 2.25. The van der Waals surface area contributed by atoms with Gasteiger partial charge in [0, 0.05) is 6.42 Å². The molecule has 0 aliphatic heterocycles. The van der Waals surface area contributed by atoms with Crippen molar-refractivity contribution >= 4 is 11.6 Å². The van der Waals surface area contributed by atoms with Crippen molar-refractivity contribution in [3.05, 3.63) is 40.8 Å². The van der Waals surface area contributed by atoms with Gasteiger partial charge in [-0.05, 0) is 23.1 Å². The number of ether oxygens (including phenoxy) is 1. The fourth-order valence-electron chi connectivity index (χ4n) is 2.49. The third-order valence-electron chi connectivity index (χ3n) is 3.61. The first-order chi connectivity index (χ1) is 11.9. The Balaban J connectivity index is 1.96. The van der Waals surface area contributed by atoms with Crippen LogP contribution in [-0.2, 0) is 13.0 Å². The highest BCUT2D eigenvalue weighted by molar-refractivity contribution is 6.31. The summed E-state index contributed by atoms with van der Waals surface area (Å²) >= 11 is 6.13. The van der Waals surface area contributed by atoms with Crippen LogP contribution in [0.1, 0.15) is 32.2 Å². The van der Waals surface area contributed by atoms with Gasteiger partial charge in [0.15, 0.2) is 22.5 Å². The molecule has 0 radical (unpaired) electrons. The normalized spacial score (nSPS) is 11.7. The Bertz CT molecular complexity index is 847. The average molecular weight is 361 g/mol. The first-order valence-electron chi connectivity index (χ1n) is 7.99. The van der Waals surface area contributed by atoms with E-state index < -0.39 is 0 Å².